The summed E-state index contributed by atoms with van der Waals surface area (Å²) in [6.07, 6.45) is 0. The van der Waals surface area contributed by atoms with Gasteiger partial charge in [0.1, 0.15) is 11.6 Å². The highest BCUT2D eigenvalue weighted by atomic mass is 32.2. The molecule has 1 aromatic heterocycles. The van der Waals surface area contributed by atoms with E-state index < -0.39 is 0 Å². The predicted molar refractivity (Wildman–Crippen MR) is 131 cm³/mol. The number of carbonyl (C=O) groups is 1. The Balaban J connectivity index is 1.51. The number of thioether (sulfide) groups is 1. The summed E-state index contributed by atoms with van der Waals surface area (Å²) in [6, 6.07) is 23.2. The molecule has 0 atom stereocenters. The molecule has 3 aromatic carbocycles. The summed E-state index contributed by atoms with van der Waals surface area (Å²) in [4.78, 5) is 12.4. The number of halogens is 1. The standard InChI is InChI=1S/C25H22FN5O2S/c1-17(18-8-12-20(26)13-9-18)27-28-23(32)16-34-25-30-29-24(19-10-14-22(33-2)15-11-19)31(25)21-6-4-3-5-7-21/h3-15H,16H2,1-2H3,(H,28,32). The van der Waals surface area contributed by atoms with Gasteiger partial charge in [-0.1, -0.05) is 42.1 Å². The van der Waals surface area contributed by atoms with Crippen molar-refractivity contribution >= 4 is 23.4 Å². The van der Waals surface area contributed by atoms with Gasteiger partial charge in [-0.05, 0) is 61.0 Å². The number of aromatic nitrogens is 3. The fourth-order valence-corrected chi connectivity index (χ4v) is 3.91. The van der Waals surface area contributed by atoms with E-state index in [2.05, 4.69) is 20.7 Å². The molecule has 0 aliphatic carbocycles. The van der Waals surface area contributed by atoms with Crippen LogP contribution < -0.4 is 10.2 Å². The highest BCUT2D eigenvalue weighted by molar-refractivity contribution is 7.99. The normalized spacial score (nSPS) is 11.3. The molecule has 0 spiro atoms. The van der Waals surface area contributed by atoms with E-state index in [1.165, 1.54) is 23.9 Å². The summed E-state index contributed by atoms with van der Waals surface area (Å²) < 4.78 is 20.2. The van der Waals surface area contributed by atoms with Crippen molar-refractivity contribution in [2.45, 2.75) is 12.1 Å². The van der Waals surface area contributed by atoms with E-state index in [1.807, 2.05) is 59.2 Å². The van der Waals surface area contributed by atoms with Crippen LogP contribution in [0.25, 0.3) is 17.1 Å². The molecule has 0 unspecified atom stereocenters. The van der Waals surface area contributed by atoms with Gasteiger partial charge in [0.25, 0.3) is 5.91 Å². The number of hydrazone groups is 1. The molecule has 0 saturated heterocycles. The minimum absolute atomic E-state index is 0.0910. The quantitative estimate of drug-likeness (QED) is 0.227. The molecule has 0 radical (unpaired) electrons. The molecule has 0 saturated carbocycles. The van der Waals surface area contributed by atoms with Gasteiger partial charge in [-0.15, -0.1) is 10.2 Å². The molecule has 9 heteroatoms. The van der Waals surface area contributed by atoms with Gasteiger partial charge in [-0.2, -0.15) is 5.10 Å². The van der Waals surface area contributed by atoms with Gasteiger partial charge in [0.2, 0.25) is 0 Å². The van der Waals surface area contributed by atoms with Crippen molar-refractivity contribution in [1.29, 1.82) is 0 Å². The van der Waals surface area contributed by atoms with Crippen LogP contribution in [0.3, 0.4) is 0 Å². The zero-order valence-electron chi connectivity index (χ0n) is 18.6. The zero-order valence-corrected chi connectivity index (χ0v) is 19.4. The largest absolute Gasteiger partial charge is 0.497 e. The van der Waals surface area contributed by atoms with E-state index in [4.69, 9.17) is 4.74 Å². The first-order valence-corrected chi connectivity index (χ1v) is 11.4. The summed E-state index contributed by atoms with van der Waals surface area (Å²) in [5.41, 5.74) is 5.59. The molecule has 34 heavy (non-hydrogen) atoms. The van der Waals surface area contributed by atoms with E-state index in [0.717, 1.165) is 22.6 Å². The van der Waals surface area contributed by atoms with Gasteiger partial charge in [0.15, 0.2) is 11.0 Å². The number of hydrogen-bond donors (Lipinski definition) is 1. The van der Waals surface area contributed by atoms with Crippen LogP contribution in [0.15, 0.2) is 89.1 Å². The Hall–Kier alpha value is -3.98. The predicted octanol–water partition coefficient (Wildman–Crippen LogP) is 4.71. The van der Waals surface area contributed by atoms with Gasteiger partial charge in [0, 0.05) is 11.3 Å². The smallest absolute Gasteiger partial charge is 0.250 e. The van der Waals surface area contributed by atoms with Gasteiger partial charge in [-0.3, -0.25) is 9.36 Å². The number of ether oxygens (including phenoxy) is 1. The second-order valence-corrected chi connectivity index (χ2v) is 8.18. The summed E-state index contributed by atoms with van der Waals surface area (Å²) in [5.74, 6) is 0.876. The zero-order chi connectivity index (χ0) is 23.9. The first-order valence-electron chi connectivity index (χ1n) is 10.4. The minimum atomic E-state index is -0.325. The van der Waals surface area contributed by atoms with Crippen LogP contribution in [0, 0.1) is 5.82 Å². The Morgan fingerprint density at radius 2 is 1.74 bits per heavy atom. The minimum Gasteiger partial charge on any atom is -0.497 e. The fraction of sp³-hybridized carbons (Fsp3) is 0.120. The summed E-state index contributed by atoms with van der Waals surface area (Å²) in [5, 5.41) is 13.4. The number of benzene rings is 3. The van der Waals surface area contributed by atoms with Crippen LogP contribution in [-0.2, 0) is 4.79 Å². The highest BCUT2D eigenvalue weighted by Gasteiger charge is 2.17. The van der Waals surface area contributed by atoms with Crippen LogP contribution in [0.2, 0.25) is 0 Å². The second kappa shape index (κ2) is 10.8. The molecule has 1 heterocycles. The molecular formula is C25H22FN5O2S. The van der Waals surface area contributed by atoms with Crippen LogP contribution in [0.4, 0.5) is 4.39 Å². The molecule has 172 valence electrons. The Bertz CT molecular complexity index is 1290. The van der Waals surface area contributed by atoms with Gasteiger partial charge >= 0.3 is 0 Å². The molecule has 0 aliphatic rings. The van der Waals surface area contributed by atoms with Crippen LogP contribution in [0.5, 0.6) is 5.75 Å². The average molecular weight is 476 g/mol. The monoisotopic (exact) mass is 475 g/mol. The van der Waals surface area contributed by atoms with E-state index in [-0.39, 0.29) is 17.5 Å². The molecule has 4 aromatic rings. The summed E-state index contributed by atoms with van der Waals surface area (Å²) in [6.45, 7) is 1.74. The van der Waals surface area contributed by atoms with Crippen molar-refractivity contribution in [3.63, 3.8) is 0 Å². The highest BCUT2D eigenvalue weighted by Crippen LogP contribution is 2.28. The lowest BCUT2D eigenvalue weighted by molar-refractivity contribution is -0.118. The van der Waals surface area contributed by atoms with E-state index in [1.54, 1.807) is 26.2 Å². The SMILES string of the molecule is COc1ccc(-c2nnc(SCC(=O)NN=C(C)c3ccc(F)cc3)n2-c2ccccc2)cc1. The molecule has 1 amide bonds. The molecule has 7 nitrogen and oxygen atoms in total. The van der Waals surface area contributed by atoms with E-state index in [0.29, 0.717) is 16.7 Å². The number of methoxy groups -OCH3 is 1. The third-order valence-corrected chi connectivity index (χ3v) is 5.87. The third kappa shape index (κ3) is 5.49. The maximum atomic E-state index is 13.1. The Morgan fingerprint density at radius 3 is 2.41 bits per heavy atom. The topological polar surface area (TPSA) is 81.4 Å². The van der Waals surface area contributed by atoms with Gasteiger partial charge in [0.05, 0.1) is 18.6 Å². The lowest BCUT2D eigenvalue weighted by atomic mass is 10.1. The number of rotatable bonds is 8. The first kappa shape index (κ1) is 23.2. The Labute approximate surface area is 200 Å². The van der Waals surface area contributed by atoms with Crippen molar-refractivity contribution < 1.29 is 13.9 Å². The number of para-hydroxylation sites is 1. The number of hydrogen-bond acceptors (Lipinski definition) is 6. The summed E-state index contributed by atoms with van der Waals surface area (Å²) in [7, 11) is 1.62. The molecular weight excluding hydrogens is 453 g/mol. The van der Waals surface area contributed by atoms with Crippen molar-refractivity contribution in [2.24, 2.45) is 5.10 Å². The number of nitrogens with zero attached hydrogens (tertiary/aromatic N) is 4. The molecule has 0 bridgehead atoms. The molecule has 1 N–H and O–H groups in total. The Kier molecular flexibility index (Phi) is 7.34. The van der Waals surface area contributed by atoms with E-state index >= 15 is 0 Å². The fourth-order valence-electron chi connectivity index (χ4n) is 3.16. The van der Waals surface area contributed by atoms with Crippen LogP contribution >= 0.6 is 11.8 Å². The van der Waals surface area contributed by atoms with E-state index in [9.17, 15) is 9.18 Å². The van der Waals surface area contributed by atoms with Crippen molar-refractivity contribution in [1.82, 2.24) is 20.2 Å². The molecule has 4 rings (SSSR count). The summed E-state index contributed by atoms with van der Waals surface area (Å²) >= 11 is 1.26. The number of carbonyl (C=O) groups excluding carboxylic acids is 1. The van der Waals surface area contributed by atoms with Crippen LogP contribution in [-0.4, -0.2) is 39.2 Å². The second-order valence-electron chi connectivity index (χ2n) is 7.23. The maximum Gasteiger partial charge on any atom is 0.250 e. The van der Waals surface area contributed by atoms with Crippen LogP contribution in [0.1, 0.15) is 12.5 Å². The molecule has 0 fully saturated rings. The van der Waals surface area contributed by atoms with Gasteiger partial charge in [-0.25, -0.2) is 9.82 Å². The lowest BCUT2D eigenvalue weighted by Gasteiger charge is -2.10. The first-order chi connectivity index (χ1) is 16.5. The van der Waals surface area contributed by atoms with Crippen molar-refractivity contribution in [2.75, 3.05) is 12.9 Å². The number of nitrogens with one attached hydrogen (secondary N) is 1. The Morgan fingerprint density at radius 1 is 1.03 bits per heavy atom. The third-order valence-electron chi connectivity index (χ3n) is 4.94. The number of amides is 1. The lowest BCUT2D eigenvalue weighted by Crippen LogP contribution is -2.21. The van der Waals surface area contributed by atoms with Crippen molar-refractivity contribution in [3.8, 4) is 22.8 Å². The average Bonchev–Trinajstić information content (AvgIpc) is 3.31. The maximum absolute atomic E-state index is 13.1. The van der Waals surface area contributed by atoms with Gasteiger partial charge < -0.3 is 4.74 Å². The van der Waals surface area contributed by atoms with Crippen molar-refractivity contribution in [3.05, 3.63) is 90.2 Å². The molecule has 0 aliphatic heterocycles.